The molecule has 6 rings (SSSR count). The Bertz CT molecular complexity index is 1410. The highest BCUT2D eigenvalue weighted by molar-refractivity contribution is 6.34. The fourth-order valence-electron chi connectivity index (χ4n) is 6.30. The number of aliphatic hydroxyl groups excluding tert-OH is 1. The lowest BCUT2D eigenvalue weighted by Gasteiger charge is -2.35. The molecule has 2 heterocycles. The van der Waals surface area contributed by atoms with Gasteiger partial charge in [0, 0.05) is 41.8 Å². The summed E-state index contributed by atoms with van der Waals surface area (Å²) in [5.74, 6) is -1.75. The molecule has 3 aliphatic rings. The van der Waals surface area contributed by atoms with Gasteiger partial charge in [0.25, 0.3) is 5.91 Å². The summed E-state index contributed by atoms with van der Waals surface area (Å²) in [6, 6.07) is 12.5. The highest BCUT2D eigenvalue weighted by Gasteiger charge is 2.50. The molecule has 1 fully saturated rings. The van der Waals surface area contributed by atoms with Gasteiger partial charge in [-0.2, -0.15) is 0 Å². The largest absolute Gasteiger partial charge is 0.480 e. The minimum Gasteiger partial charge on any atom is -0.480 e. The summed E-state index contributed by atoms with van der Waals surface area (Å²) in [6.45, 7) is 0.832. The third-order valence-electron chi connectivity index (χ3n) is 8.04. The smallest absolute Gasteiger partial charge is 0.251 e. The van der Waals surface area contributed by atoms with Crippen molar-refractivity contribution in [3.8, 4) is 16.9 Å². The Morgan fingerprint density at radius 2 is 1.97 bits per heavy atom. The van der Waals surface area contributed by atoms with Crippen LogP contribution in [0.15, 0.2) is 42.5 Å². The molecule has 1 amide bonds. The number of benzene rings is 3. The Hall–Kier alpha value is -3.00. The number of nitrogens with one attached hydrogen (secondary N) is 2. The minimum atomic E-state index is -1.00. The van der Waals surface area contributed by atoms with Crippen LogP contribution in [0.25, 0.3) is 11.1 Å². The van der Waals surface area contributed by atoms with E-state index in [9.17, 15) is 9.90 Å². The number of amides is 1. The van der Waals surface area contributed by atoms with Crippen LogP contribution in [0.4, 0.5) is 8.78 Å². The fourth-order valence-corrected chi connectivity index (χ4v) is 6.57. The van der Waals surface area contributed by atoms with Crippen molar-refractivity contribution in [2.24, 2.45) is 0 Å². The molecule has 0 radical (unpaired) electrons. The molecule has 2 aliphatic heterocycles. The van der Waals surface area contributed by atoms with Crippen molar-refractivity contribution in [2.45, 2.75) is 49.9 Å². The van der Waals surface area contributed by atoms with Crippen molar-refractivity contribution in [1.29, 1.82) is 0 Å². The second kappa shape index (κ2) is 9.08. The first-order valence-electron chi connectivity index (χ1n) is 12.6. The zero-order valence-electron chi connectivity index (χ0n) is 20.3. The number of hydrogen-bond acceptors (Lipinski definition) is 4. The van der Waals surface area contributed by atoms with E-state index in [-0.39, 0.29) is 39.1 Å². The molecule has 8 heteroatoms. The SMILES string of the molecule is CNC(=O)c1cc2c(c(F)c1-c1c(Cl)c(F)cc3c1C[C@](c1ccccc1)([C@@H]1CCCN1)O3)[C@H](O)CC2. The van der Waals surface area contributed by atoms with E-state index in [4.69, 9.17) is 16.3 Å². The summed E-state index contributed by atoms with van der Waals surface area (Å²) < 4.78 is 38.2. The molecule has 0 bridgehead atoms. The number of carbonyl (C=O) groups excluding carboxylic acids is 1. The summed E-state index contributed by atoms with van der Waals surface area (Å²) in [5, 5.41) is 16.3. The standard InChI is InChI=1S/C29H27ClF2N2O3/c1-33-28(36)17-12-15-9-10-20(35)23(15)27(32)25(17)24-18-14-29(22-8-5-11-34-22,16-6-3-2-4-7-16)37-21(18)13-19(31)26(24)30/h2-4,6-7,12-13,20,22,34-35H,5,8-11,14H2,1H3,(H,33,36)/t20-,22+,29+/m1/s1. The lowest BCUT2D eigenvalue weighted by Crippen LogP contribution is -2.48. The number of carbonyl (C=O) groups is 1. The lowest BCUT2D eigenvalue weighted by atomic mass is 9.80. The highest BCUT2D eigenvalue weighted by Crippen LogP contribution is 2.53. The number of hydrogen-bond donors (Lipinski definition) is 3. The van der Waals surface area contributed by atoms with Crippen LogP contribution < -0.4 is 15.4 Å². The van der Waals surface area contributed by atoms with Crippen molar-refractivity contribution < 1.29 is 23.4 Å². The van der Waals surface area contributed by atoms with Gasteiger partial charge in [-0.1, -0.05) is 41.9 Å². The zero-order chi connectivity index (χ0) is 25.9. The van der Waals surface area contributed by atoms with E-state index in [1.807, 2.05) is 30.3 Å². The van der Waals surface area contributed by atoms with Crippen molar-refractivity contribution >= 4 is 17.5 Å². The monoisotopic (exact) mass is 524 g/mol. The van der Waals surface area contributed by atoms with Crippen LogP contribution in [0, 0.1) is 11.6 Å². The van der Waals surface area contributed by atoms with Gasteiger partial charge in [0.05, 0.1) is 22.7 Å². The first-order chi connectivity index (χ1) is 17.9. The van der Waals surface area contributed by atoms with E-state index in [2.05, 4.69) is 10.6 Å². The van der Waals surface area contributed by atoms with E-state index < -0.39 is 29.2 Å². The molecule has 0 saturated carbocycles. The van der Waals surface area contributed by atoms with Gasteiger partial charge in [0.1, 0.15) is 17.4 Å². The van der Waals surface area contributed by atoms with Crippen LogP contribution in [0.1, 0.15) is 58.0 Å². The topological polar surface area (TPSA) is 70.6 Å². The van der Waals surface area contributed by atoms with Crippen LogP contribution in [0.5, 0.6) is 5.75 Å². The molecule has 192 valence electrons. The average molecular weight is 525 g/mol. The maximum absolute atomic E-state index is 16.3. The molecule has 1 saturated heterocycles. The Kier molecular flexibility index (Phi) is 5.97. The average Bonchev–Trinajstić information content (AvgIpc) is 3.65. The summed E-state index contributed by atoms with van der Waals surface area (Å²) in [4.78, 5) is 13.0. The molecule has 0 unspecified atom stereocenters. The van der Waals surface area contributed by atoms with Crippen LogP contribution in [0.3, 0.4) is 0 Å². The van der Waals surface area contributed by atoms with Gasteiger partial charge < -0.3 is 20.5 Å². The summed E-state index contributed by atoms with van der Waals surface area (Å²) in [5.41, 5.74) is 1.37. The third-order valence-corrected chi connectivity index (χ3v) is 8.40. The van der Waals surface area contributed by atoms with Gasteiger partial charge in [-0.05, 0) is 49.4 Å². The number of rotatable bonds is 4. The molecular weight excluding hydrogens is 498 g/mol. The second-order valence-corrected chi connectivity index (χ2v) is 10.4. The quantitative estimate of drug-likeness (QED) is 0.438. The van der Waals surface area contributed by atoms with Gasteiger partial charge in [-0.15, -0.1) is 0 Å². The third kappa shape index (κ3) is 3.67. The molecule has 0 spiro atoms. The van der Waals surface area contributed by atoms with Gasteiger partial charge in [-0.25, -0.2) is 8.78 Å². The molecule has 3 N–H and O–H groups in total. The lowest BCUT2D eigenvalue weighted by molar-refractivity contribution is 0.0539. The van der Waals surface area contributed by atoms with E-state index in [1.165, 1.54) is 13.1 Å². The van der Waals surface area contributed by atoms with E-state index in [0.717, 1.165) is 24.9 Å². The molecule has 37 heavy (non-hydrogen) atoms. The predicted molar refractivity (Wildman–Crippen MR) is 137 cm³/mol. The van der Waals surface area contributed by atoms with Crippen molar-refractivity contribution in [1.82, 2.24) is 10.6 Å². The number of halogens is 3. The number of ether oxygens (including phenoxy) is 1. The molecular formula is C29H27ClF2N2O3. The number of aryl methyl sites for hydroxylation is 1. The fraction of sp³-hybridized carbons (Fsp3) is 0.345. The minimum absolute atomic E-state index is 0.0536. The second-order valence-electron chi connectivity index (χ2n) is 10.0. The van der Waals surface area contributed by atoms with Crippen molar-refractivity contribution in [3.05, 3.63) is 86.9 Å². The van der Waals surface area contributed by atoms with Gasteiger partial charge in [-0.3, -0.25) is 4.79 Å². The van der Waals surface area contributed by atoms with Crippen LogP contribution in [0.2, 0.25) is 5.02 Å². The Labute approximate surface area is 218 Å². The summed E-state index contributed by atoms with van der Waals surface area (Å²) in [7, 11) is 1.46. The van der Waals surface area contributed by atoms with Crippen LogP contribution >= 0.6 is 11.6 Å². The molecule has 5 nitrogen and oxygen atoms in total. The molecule has 1 aliphatic carbocycles. The summed E-state index contributed by atoms with van der Waals surface area (Å²) in [6.07, 6.45) is 1.93. The highest BCUT2D eigenvalue weighted by atomic mass is 35.5. The van der Waals surface area contributed by atoms with Crippen LogP contribution in [-0.4, -0.2) is 30.6 Å². The number of aliphatic hydroxyl groups is 1. The van der Waals surface area contributed by atoms with Crippen molar-refractivity contribution in [2.75, 3.05) is 13.6 Å². The first-order valence-corrected chi connectivity index (χ1v) is 13.0. The Morgan fingerprint density at radius 1 is 1.19 bits per heavy atom. The van der Waals surface area contributed by atoms with Crippen molar-refractivity contribution in [3.63, 3.8) is 0 Å². The number of fused-ring (bicyclic) bond motifs is 2. The molecule has 3 aromatic rings. The molecule has 3 atom stereocenters. The maximum atomic E-state index is 16.3. The first kappa shape index (κ1) is 24.3. The maximum Gasteiger partial charge on any atom is 0.251 e. The zero-order valence-corrected chi connectivity index (χ0v) is 21.1. The Balaban J connectivity index is 1.61. The van der Waals surface area contributed by atoms with Gasteiger partial charge >= 0.3 is 0 Å². The van der Waals surface area contributed by atoms with Gasteiger partial charge in [0.15, 0.2) is 5.60 Å². The summed E-state index contributed by atoms with van der Waals surface area (Å²) >= 11 is 6.58. The van der Waals surface area contributed by atoms with Gasteiger partial charge in [0.2, 0.25) is 0 Å². The van der Waals surface area contributed by atoms with E-state index in [0.29, 0.717) is 30.4 Å². The normalized spacial score (nSPS) is 24.0. The molecule has 0 aromatic heterocycles. The molecule has 3 aromatic carbocycles. The van der Waals surface area contributed by atoms with E-state index >= 15 is 8.78 Å². The predicted octanol–water partition coefficient (Wildman–Crippen LogP) is 5.21. The van der Waals surface area contributed by atoms with Crippen LogP contribution in [-0.2, 0) is 18.4 Å². The Morgan fingerprint density at radius 3 is 2.68 bits per heavy atom. The van der Waals surface area contributed by atoms with E-state index in [1.54, 1.807) is 6.07 Å².